The number of H-pyrrole nitrogens is 1. The van der Waals surface area contributed by atoms with Crippen LogP contribution in [0.15, 0.2) is 77.6 Å². The minimum Gasteiger partial charge on any atom is -0.325 e. The molecule has 0 saturated heterocycles. The first-order valence-corrected chi connectivity index (χ1v) is 11.9. The number of aryl methyl sites for hydroxylation is 1. The fourth-order valence-electron chi connectivity index (χ4n) is 4.22. The van der Waals surface area contributed by atoms with Crippen LogP contribution in [-0.2, 0) is 18.3 Å². The predicted molar refractivity (Wildman–Crippen MR) is 137 cm³/mol. The molecule has 0 bridgehead atoms. The number of nitrogens with one attached hydrogen (secondary N) is 1. The zero-order valence-electron chi connectivity index (χ0n) is 18.0. The number of hydrogen-bond donors (Lipinski definition) is 1. The second-order valence-electron chi connectivity index (χ2n) is 8.40. The summed E-state index contributed by atoms with van der Waals surface area (Å²) >= 11 is 2.41. The quantitative estimate of drug-likeness (QED) is 0.285. The number of halogens is 1. The van der Waals surface area contributed by atoms with Crippen LogP contribution in [-0.4, -0.2) is 9.97 Å². The summed E-state index contributed by atoms with van der Waals surface area (Å²) < 4.78 is 1.25. The molecule has 0 saturated carbocycles. The Morgan fingerprint density at radius 2 is 1.77 bits per heavy atom. The Kier molecular flexibility index (Phi) is 6.56. The van der Waals surface area contributed by atoms with Crippen LogP contribution in [0.4, 0.5) is 0 Å². The van der Waals surface area contributed by atoms with Gasteiger partial charge in [-0.2, -0.15) is 0 Å². The van der Waals surface area contributed by atoms with E-state index >= 15 is 0 Å². The van der Waals surface area contributed by atoms with E-state index < -0.39 is 5.41 Å². The topological polar surface area (TPSA) is 45.8 Å². The Labute approximate surface area is 197 Å². The van der Waals surface area contributed by atoms with Crippen molar-refractivity contribution >= 4 is 33.5 Å². The highest BCUT2D eigenvalue weighted by molar-refractivity contribution is 14.1. The molecule has 0 spiro atoms. The Morgan fingerprint density at radius 3 is 2.58 bits per heavy atom. The lowest BCUT2D eigenvalue weighted by Crippen LogP contribution is -2.31. The zero-order chi connectivity index (χ0) is 21.8. The van der Waals surface area contributed by atoms with Crippen LogP contribution in [0.1, 0.15) is 49.2 Å². The number of para-hydroxylation sites is 1. The van der Waals surface area contributed by atoms with Crippen LogP contribution < -0.4 is 5.56 Å². The van der Waals surface area contributed by atoms with E-state index in [1.807, 2.05) is 30.3 Å². The maximum absolute atomic E-state index is 12.2. The molecule has 1 N–H and O–H groups in total. The molecule has 0 amide bonds. The Balaban J connectivity index is 1.83. The fraction of sp³-hybridized carbons (Fsp3) is 0.259. The van der Waals surface area contributed by atoms with Gasteiger partial charge < -0.3 is 4.98 Å². The second-order valence-corrected chi connectivity index (χ2v) is 9.64. The highest BCUT2D eigenvalue weighted by atomic mass is 127. The molecule has 0 aliphatic heterocycles. The first kappa shape index (κ1) is 21.8. The number of nitrogens with zero attached hydrogens (tertiary/aromatic N) is 1. The van der Waals surface area contributed by atoms with E-state index in [4.69, 9.17) is 4.98 Å². The van der Waals surface area contributed by atoms with E-state index in [0.717, 1.165) is 35.1 Å². The van der Waals surface area contributed by atoms with Crippen molar-refractivity contribution in [2.45, 2.75) is 44.9 Å². The minimum atomic E-state index is -0.461. The normalized spacial score (nSPS) is 13.3. The average molecular weight is 522 g/mol. The minimum absolute atomic E-state index is 0.0872. The molecular weight excluding hydrogens is 495 g/mol. The van der Waals surface area contributed by atoms with Crippen molar-refractivity contribution in [3.63, 3.8) is 0 Å². The molecule has 4 heteroatoms. The summed E-state index contributed by atoms with van der Waals surface area (Å²) in [5.74, 6) is 0. The van der Waals surface area contributed by atoms with Gasteiger partial charge in [-0.15, -0.1) is 0 Å². The molecule has 4 rings (SSSR count). The van der Waals surface area contributed by atoms with Crippen LogP contribution >= 0.6 is 22.6 Å². The third kappa shape index (κ3) is 4.90. The Hall–Kier alpha value is -2.47. The van der Waals surface area contributed by atoms with Gasteiger partial charge in [0.15, 0.2) is 0 Å². The number of hydrogen-bond acceptors (Lipinski definition) is 2. The SMILES string of the molecule is CCCCc1cc(I)cc(CC(C)(c2ccc3ccccc3n2)c2cccc(=O)[nH]2)c1. The van der Waals surface area contributed by atoms with Gasteiger partial charge in [0.1, 0.15) is 0 Å². The maximum atomic E-state index is 12.2. The number of rotatable bonds is 7. The number of fused-ring (bicyclic) bond motifs is 1. The second kappa shape index (κ2) is 9.35. The van der Waals surface area contributed by atoms with Gasteiger partial charge in [0, 0.05) is 20.7 Å². The number of benzene rings is 2. The first-order chi connectivity index (χ1) is 15.0. The van der Waals surface area contributed by atoms with Crippen molar-refractivity contribution < 1.29 is 0 Å². The molecule has 4 aromatic rings. The van der Waals surface area contributed by atoms with Gasteiger partial charge in [-0.1, -0.05) is 49.7 Å². The van der Waals surface area contributed by atoms with E-state index in [-0.39, 0.29) is 5.56 Å². The lowest BCUT2D eigenvalue weighted by atomic mass is 9.76. The molecule has 0 aliphatic carbocycles. The molecule has 0 radical (unpaired) electrons. The van der Waals surface area contributed by atoms with E-state index in [2.05, 4.69) is 77.8 Å². The summed E-state index contributed by atoms with van der Waals surface area (Å²) in [4.78, 5) is 20.3. The highest BCUT2D eigenvalue weighted by Gasteiger charge is 2.32. The van der Waals surface area contributed by atoms with Gasteiger partial charge in [0.05, 0.1) is 16.6 Å². The van der Waals surface area contributed by atoms with Crippen LogP contribution in [0.2, 0.25) is 0 Å². The van der Waals surface area contributed by atoms with Gasteiger partial charge in [0.2, 0.25) is 5.56 Å². The lowest BCUT2D eigenvalue weighted by molar-refractivity contribution is 0.531. The summed E-state index contributed by atoms with van der Waals surface area (Å²) in [6.45, 7) is 4.41. The standard InChI is InChI=1S/C27H27IN2O/c1-3-4-8-19-15-20(17-22(28)16-19)18-27(2,24-11-7-12-26(31)30-24)25-14-13-21-9-5-6-10-23(21)29-25/h5-7,9-17H,3-4,8,18H2,1-2H3,(H,30,31). The predicted octanol–water partition coefficient (Wildman–Crippen LogP) is 6.42. The van der Waals surface area contributed by atoms with E-state index in [9.17, 15) is 4.79 Å². The summed E-state index contributed by atoms with van der Waals surface area (Å²) in [5.41, 5.74) is 4.90. The highest BCUT2D eigenvalue weighted by Crippen LogP contribution is 2.34. The first-order valence-electron chi connectivity index (χ1n) is 10.8. The van der Waals surface area contributed by atoms with Crippen LogP contribution in [0.3, 0.4) is 0 Å². The van der Waals surface area contributed by atoms with E-state index in [1.165, 1.54) is 27.5 Å². The van der Waals surface area contributed by atoms with Crippen LogP contribution in [0.5, 0.6) is 0 Å². The van der Waals surface area contributed by atoms with Gasteiger partial charge in [-0.05, 0) is 90.2 Å². The smallest absolute Gasteiger partial charge is 0.248 e. The number of aromatic nitrogens is 2. The molecular formula is C27H27IN2O. The molecule has 2 aromatic heterocycles. The average Bonchev–Trinajstić information content (AvgIpc) is 2.77. The van der Waals surface area contributed by atoms with Crippen molar-refractivity contribution in [2.75, 3.05) is 0 Å². The third-order valence-electron chi connectivity index (χ3n) is 5.92. The summed E-state index contributed by atoms with van der Waals surface area (Å²) in [6.07, 6.45) is 4.22. The summed E-state index contributed by atoms with van der Waals surface area (Å²) in [6, 6.07) is 24.6. The summed E-state index contributed by atoms with van der Waals surface area (Å²) in [5, 5.41) is 1.12. The van der Waals surface area contributed by atoms with Crippen LogP contribution in [0, 0.1) is 3.57 Å². The van der Waals surface area contributed by atoms with Crippen LogP contribution in [0.25, 0.3) is 10.9 Å². The molecule has 1 unspecified atom stereocenters. The van der Waals surface area contributed by atoms with Crippen molar-refractivity contribution in [3.8, 4) is 0 Å². The molecule has 158 valence electrons. The van der Waals surface area contributed by atoms with Gasteiger partial charge in [-0.3, -0.25) is 9.78 Å². The maximum Gasteiger partial charge on any atom is 0.248 e. The van der Waals surface area contributed by atoms with E-state index in [1.54, 1.807) is 6.07 Å². The fourth-order valence-corrected chi connectivity index (χ4v) is 5.02. The van der Waals surface area contributed by atoms with Crippen molar-refractivity contribution in [1.29, 1.82) is 0 Å². The largest absolute Gasteiger partial charge is 0.325 e. The lowest BCUT2D eigenvalue weighted by Gasteiger charge is -2.30. The number of pyridine rings is 2. The van der Waals surface area contributed by atoms with Crippen molar-refractivity contribution in [2.24, 2.45) is 0 Å². The van der Waals surface area contributed by atoms with Gasteiger partial charge in [-0.25, -0.2) is 0 Å². The molecule has 3 nitrogen and oxygen atoms in total. The van der Waals surface area contributed by atoms with Crippen molar-refractivity contribution in [3.05, 3.63) is 109 Å². The molecule has 0 fully saturated rings. The van der Waals surface area contributed by atoms with Gasteiger partial charge in [0.25, 0.3) is 0 Å². The molecule has 1 atom stereocenters. The Morgan fingerprint density at radius 1 is 0.968 bits per heavy atom. The van der Waals surface area contributed by atoms with Gasteiger partial charge >= 0.3 is 0 Å². The molecule has 2 heterocycles. The third-order valence-corrected chi connectivity index (χ3v) is 6.54. The van der Waals surface area contributed by atoms with E-state index in [0.29, 0.717) is 0 Å². The molecule has 31 heavy (non-hydrogen) atoms. The molecule has 0 aliphatic rings. The zero-order valence-corrected chi connectivity index (χ0v) is 20.1. The van der Waals surface area contributed by atoms with Crippen molar-refractivity contribution in [1.82, 2.24) is 9.97 Å². The number of unbranched alkanes of at least 4 members (excludes halogenated alkanes) is 1. The number of aromatic amines is 1. The monoisotopic (exact) mass is 522 g/mol. The summed E-state index contributed by atoms with van der Waals surface area (Å²) in [7, 11) is 0. The molecule has 2 aromatic carbocycles. The Bertz CT molecular complexity index is 1260.